The van der Waals surface area contributed by atoms with Gasteiger partial charge in [0.2, 0.25) is 6.41 Å². The Bertz CT molecular complexity index is 1220. The molecule has 5 N–H and O–H groups in total. The quantitative estimate of drug-likeness (QED) is 0.201. The maximum atomic E-state index is 10.4. The molecule has 0 atom stereocenters. The molecule has 198 valence electrons. The van der Waals surface area contributed by atoms with E-state index in [1.807, 2.05) is 18.0 Å². The smallest absolute Gasteiger partial charge is 0.209 e. The number of benzene rings is 1. The molecule has 2 aliphatic rings. The fourth-order valence-corrected chi connectivity index (χ4v) is 5.91. The number of amides is 1. The number of nitrogens with two attached hydrogens (primary N) is 1. The van der Waals surface area contributed by atoms with E-state index in [-0.39, 0.29) is 0 Å². The van der Waals surface area contributed by atoms with Gasteiger partial charge in [-0.15, -0.1) is 11.3 Å². The normalized spacial score (nSPS) is 15.5. The number of piperazine rings is 1. The largest absolute Gasteiger partial charge is 0.494 e. The number of nitrogens with zero attached hydrogens (tertiary/aromatic N) is 4. The highest BCUT2D eigenvalue weighted by atomic mass is 32.1. The van der Waals surface area contributed by atoms with Crippen molar-refractivity contribution in [3.05, 3.63) is 34.5 Å². The molecule has 1 saturated heterocycles. The summed E-state index contributed by atoms with van der Waals surface area (Å²) in [5.74, 6) is 1.40. The van der Waals surface area contributed by atoms with E-state index in [0.29, 0.717) is 17.0 Å². The maximum absolute atomic E-state index is 10.4. The lowest BCUT2D eigenvalue weighted by Crippen LogP contribution is -2.47. The van der Waals surface area contributed by atoms with Gasteiger partial charge in [0.05, 0.1) is 18.2 Å². The molecule has 0 saturated carbocycles. The first-order chi connectivity index (χ1) is 18.1. The summed E-state index contributed by atoms with van der Waals surface area (Å²) in [6, 6.07) is 3.54. The molecule has 0 bridgehead atoms. The van der Waals surface area contributed by atoms with Crippen LogP contribution in [0.1, 0.15) is 28.8 Å². The summed E-state index contributed by atoms with van der Waals surface area (Å²) in [6.45, 7) is 5.91. The summed E-state index contributed by atoms with van der Waals surface area (Å²) < 4.78 is 5.45. The van der Waals surface area contributed by atoms with E-state index in [9.17, 15) is 4.79 Å². The third-order valence-corrected chi connectivity index (χ3v) is 8.00. The third kappa shape index (κ3) is 6.35. The Morgan fingerprint density at radius 3 is 2.68 bits per heavy atom. The van der Waals surface area contributed by atoms with Gasteiger partial charge < -0.3 is 31.4 Å². The zero-order chi connectivity index (χ0) is 26.2. The van der Waals surface area contributed by atoms with Crippen LogP contribution in [0.25, 0.3) is 10.2 Å². The monoisotopic (exact) mass is 524 g/mol. The number of hydrogen-bond acceptors (Lipinski definition) is 10. The van der Waals surface area contributed by atoms with Crippen LogP contribution in [0.2, 0.25) is 0 Å². The number of methoxy groups -OCH3 is 1. The average Bonchev–Trinajstić information content (AvgIpc) is 3.33. The average molecular weight is 525 g/mol. The number of nitrogens with one attached hydrogen (secondary N) is 3. The molecule has 1 aliphatic carbocycles. The number of anilines is 3. The van der Waals surface area contributed by atoms with Crippen LogP contribution in [0, 0.1) is 5.41 Å². The zero-order valence-electron chi connectivity index (χ0n) is 21.5. The number of carbonyl (C=O) groups is 1. The van der Waals surface area contributed by atoms with Crippen LogP contribution in [0.5, 0.6) is 5.75 Å². The van der Waals surface area contributed by atoms with Crippen LogP contribution in [0.4, 0.5) is 17.2 Å². The number of ether oxygens (including phenoxy) is 1. The van der Waals surface area contributed by atoms with E-state index in [2.05, 4.69) is 25.5 Å². The molecular weight excluding hydrogens is 488 g/mol. The molecule has 37 heavy (non-hydrogen) atoms. The highest BCUT2D eigenvalue weighted by Crippen LogP contribution is 2.40. The first-order valence-corrected chi connectivity index (χ1v) is 13.5. The van der Waals surface area contributed by atoms with Gasteiger partial charge in [-0.2, -0.15) is 0 Å². The van der Waals surface area contributed by atoms with Crippen LogP contribution < -0.4 is 21.1 Å². The van der Waals surface area contributed by atoms with Crippen molar-refractivity contribution in [3.8, 4) is 5.75 Å². The second-order valence-corrected chi connectivity index (χ2v) is 10.2. The molecule has 11 heteroatoms. The summed E-state index contributed by atoms with van der Waals surface area (Å²) in [6.07, 6.45) is 8.41. The SMILES string of the molecule is CNCCN1CCN(C=O)CC1.COc1cc(N)c(C=N)cc1Nc1ncnc2sc3c(c12)CCCC3. The number of rotatable bonds is 8. The van der Waals surface area contributed by atoms with Gasteiger partial charge in [0.1, 0.15) is 22.7 Å². The highest BCUT2D eigenvalue weighted by Gasteiger charge is 2.21. The molecule has 1 aromatic carbocycles. The number of aryl methyl sites for hydroxylation is 2. The molecule has 0 radical (unpaired) electrons. The molecule has 3 heterocycles. The minimum Gasteiger partial charge on any atom is -0.494 e. The number of fused-ring (bicyclic) bond motifs is 3. The fraction of sp³-hybridized carbons (Fsp3) is 0.462. The minimum atomic E-state index is 0.512. The molecule has 0 spiro atoms. The highest BCUT2D eigenvalue weighted by molar-refractivity contribution is 7.19. The van der Waals surface area contributed by atoms with Crippen molar-refractivity contribution in [2.45, 2.75) is 25.7 Å². The first kappa shape index (κ1) is 26.8. The van der Waals surface area contributed by atoms with Crippen molar-refractivity contribution in [1.82, 2.24) is 25.1 Å². The topological polar surface area (TPSA) is 132 Å². The first-order valence-electron chi connectivity index (χ1n) is 12.6. The second kappa shape index (κ2) is 12.8. The summed E-state index contributed by atoms with van der Waals surface area (Å²) in [5.41, 5.74) is 9.22. The number of hydrogen-bond donors (Lipinski definition) is 4. The number of aromatic nitrogens is 2. The molecular formula is C26H36N8O2S. The van der Waals surface area contributed by atoms with Crippen molar-refractivity contribution in [2.24, 2.45) is 0 Å². The summed E-state index contributed by atoms with van der Waals surface area (Å²) in [4.78, 5) is 26.0. The van der Waals surface area contributed by atoms with Crippen LogP contribution in [0.15, 0.2) is 18.5 Å². The van der Waals surface area contributed by atoms with Gasteiger partial charge in [0, 0.05) is 67.7 Å². The summed E-state index contributed by atoms with van der Waals surface area (Å²) in [5, 5.41) is 15.1. The molecule has 5 rings (SSSR count). The number of likely N-dealkylation sites (N-methyl/N-ethyl adjacent to an activating group) is 1. The van der Waals surface area contributed by atoms with Crippen LogP contribution in [-0.4, -0.2) is 85.8 Å². The van der Waals surface area contributed by atoms with Gasteiger partial charge in [-0.25, -0.2) is 9.97 Å². The van der Waals surface area contributed by atoms with Crippen LogP contribution in [-0.2, 0) is 17.6 Å². The predicted molar refractivity (Wildman–Crippen MR) is 151 cm³/mol. The molecule has 3 aromatic rings. The maximum Gasteiger partial charge on any atom is 0.209 e. The molecule has 1 amide bonds. The molecule has 1 fully saturated rings. The van der Waals surface area contributed by atoms with E-state index in [1.165, 1.54) is 29.5 Å². The Kier molecular flexibility index (Phi) is 9.26. The minimum absolute atomic E-state index is 0.512. The Hall–Kier alpha value is -3.28. The van der Waals surface area contributed by atoms with Crippen molar-refractivity contribution < 1.29 is 9.53 Å². The van der Waals surface area contributed by atoms with Gasteiger partial charge >= 0.3 is 0 Å². The number of carbonyl (C=O) groups excluding carboxylic acids is 1. The fourth-order valence-electron chi connectivity index (χ4n) is 4.68. The second-order valence-electron chi connectivity index (χ2n) is 9.15. The van der Waals surface area contributed by atoms with Crippen LogP contribution in [0.3, 0.4) is 0 Å². The molecule has 2 aromatic heterocycles. The Labute approximate surface area is 221 Å². The Morgan fingerprint density at radius 1 is 1.19 bits per heavy atom. The van der Waals surface area contributed by atoms with Crippen molar-refractivity contribution >= 4 is 51.4 Å². The van der Waals surface area contributed by atoms with Crippen LogP contribution >= 0.6 is 11.3 Å². The van der Waals surface area contributed by atoms with Gasteiger partial charge in [0.15, 0.2) is 0 Å². The lowest BCUT2D eigenvalue weighted by atomic mass is 9.97. The lowest BCUT2D eigenvalue weighted by molar-refractivity contribution is -0.119. The Balaban J connectivity index is 0.000000225. The van der Waals surface area contributed by atoms with E-state index in [1.54, 1.807) is 30.8 Å². The Morgan fingerprint density at radius 2 is 1.97 bits per heavy atom. The van der Waals surface area contributed by atoms with Gasteiger partial charge in [-0.1, -0.05) is 0 Å². The van der Waals surface area contributed by atoms with E-state index in [0.717, 1.165) is 80.2 Å². The number of thiophene rings is 1. The van der Waals surface area contributed by atoms with Crippen molar-refractivity contribution in [2.75, 3.05) is 64.5 Å². The lowest BCUT2D eigenvalue weighted by Gasteiger charge is -2.32. The van der Waals surface area contributed by atoms with Gasteiger partial charge in [-0.3, -0.25) is 9.69 Å². The molecule has 10 nitrogen and oxygen atoms in total. The molecule has 0 unspecified atom stereocenters. The van der Waals surface area contributed by atoms with Gasteiger partial charge in [0.25, 0.3) is 0 Å². The third-order valence-electron chi connectivity index (χ3n) is 6.80. The van der Waals surface area contributed by atoms with E-state index >= 15 is 0 Å². The predicted octanol–water partition coefficient (Wildman–Crippen LogP) is 2.88. The van der Waals surface area contributed by atoms with Crippen molar-refractivity contribution in [3.63, 3.8) is 0 Å². The summed E-state index contributed by atoms with van der Waals surface area (Å²) in [7, 11) is 3.56. The zero-order valence-corrected chi connectivity index (χ0v) is 22.4. The number of nitrogen functional groups attached to an aromatic ring is 1. The van der Waals surface area contributed by atoms with Crippen molar-refractivity contribution in [1.29, 1.82) is 5.41 Å². The van der Waals surface area contributed by atoms with E-state index in [4.69, 9.17) is 15.9 Å². The van der Waals surface area contributed by atoms with Gasteiger partial charge in [-0.05, 0) is 44.4 Å². The van der Waals surface area contributed by atoms with E-state index < -0.39 is 0 Å². The standard InChI is InChI=1S/C18H19N5OS.C8H17N3O/c1-24-14-7-12(20)10(8-19)6-13(14)23-17-16-11-4-2-3-5-15(11)25-18(16)22-9-21-17;1-9-2-3-10-4-6-11(8-12)7-5-10/h6-9,19H,2-5,20H2,1H3,(H,21,22,23);8-9H,2-7H2,1H3. The molecule has 1 aliphatic heterocycles. The summed E-state index contributed by atoms with van der Waals surface area (Å²) >= 11 is 1.77.